The first kappa shape index (κ1) is 16.9. The fourth-order valence-electron chi connectivity index (χ4n) is 3.27. The van der Waals surface area contributed by atoms with Gasteiger partial charge in [-0.15, -0.1) is 0 Å². The van der Waals surface area contributed by atoms with Crippen molar-refractivity contribution in [1.82, 2.24) is 5.32 Å². The minimum absolute atomic E-state index is 0.179. The van der Waals surface area contributed by atoms with Crippen molar-refractivity contribution in [2.24, 2.45) is 11.8 Å². The van der Waals surface area contributed by atoms with Gasteiger partial charge in [-0.1, -0.05) is 47.7 Å². The van der Waals surface area contributed by atoms with Gasteiger partial charge in [-0.3, -0.25) is 0 Å². The van der Waals surface area contributed by atoms with Crippen LogP contribution in [0.2, 0.25) is 0 Å². The van der Waals surface area contributed by atoms with Gasteiger partial charge in [0.15, 0.2) is 0 Å². The first-order valence-corrected chi connectivity index (χ1v) is 8.63. The lowest BCUT2D eigenvalue weighted by Crippen LogP contribution is -2.31. The standard InChI is InChI=1S/C17H25BrFNO/c1-21-9-8-20-12-15(13-4-2-3-5-13)10-14-6-7-16(19)11-17(14)18/h6-7,11,13,15,20H,2-5,8-10,12H2,1H3. The molecule has 0 aromatic heterocycles. The van der Waals surface area contributed by atoms with E-state index < -0.39 is 0 Å². The number of halogens is 2. The van der Waals surface area contributed by atoms with E-state index in [4.69, 9.17) is 4.74 Å². The predicted octanol–water partition coefficient (Wildman–Crippen LogP) is 4.17. The Morgan fingerprint density at radius 1 is 1.38 bits per heavy atom. The van der Waals surface area contributed by atoms with Crippen LogP contribution in [0.3, 0.4) is 0 Å². The molecule has 118 valence electrons. The van der Waals surface area contributed by atoms with Gasteiger partial charge in [0.2, 0.25) is 0 Å². The molecule has 0 radical (unpaired) electrons. The molecule has 1 aromatic carbocycles. The highest BCUT2D eigenvalue weighted by molar-refractivity contribution is 9.10. The number of hydrogen-bond acceptors (Lipinski definition) is 2. The lowest BCUT2D eigenvalue weighted by Gasteiger charge is -2.24. The van der Waals surface area contributed by atoms with E-state index in [1.165, 1.54) is 31.2 Å². The first-order chi connectivity index (χ1) is 10.2. The summed E-state index contributed by atoms with van der Waals surface area (Å²) in [4.78, 5) is 0. The Hall–Kier alpha value is -0.450. The van der Waals surface area contributed by atoms with E-state index in [1.807, 2.05) is 6.07 Å². The zero-order valence-corrected chi connectivity index (χ0v) is 14.3. The summed E-state index contributed by atoms with van der Waals surface area (Å²) in [6.07, 6.45) is 6.37. The molecule has 0 saturated heterocycles. The molecule has 0 amide bonds. The molecular weight excluding hydrogens is 333 g/mol. The average molecular weight is 358 g/mol. The summed E-state index contributed by atoms with van der Waals surface area (Å²) in [5, 5.41) is 3.50. The van der Waals surface area contributed by atoms with Crippen molar-refractivity contribution in [3.63, 3.8) is 0 Å². The lowest BCUT2D eigenvalue weighted by atomic mass is 9.85. The molecule has 1 aliphatic rings. The van der Waals surface area contributed by atoms with Crippen molar-refractivity contribution in [2.75, 3.05) is 26.8 Å². The normalized spacial score (nSPS) is 17.3. The molecule has 1 N–H and O–H groups in total. The molecule has 1 fully saturated rings. The summed E-state index contributed by atoms with van der Waals surface area (Å²) < 4.78 is 19.2. The monoisotopic (exact) mass is 357 g/mol. The number of ether oxygens (including phenoxy) is 1. The van der Waals surface area contributed by atoms with Crippen molar-refractivity contribution in [1.29, 1.82) is 0 Å². The second kappa shape index (κ2) is 8.86. The third-order valence-electron chi connectivity index (χ3n) is 4.45. The fourth-order valence-corrected chi connectivity index (χ4v) is 3.78. The van der Waals surface area contributed by atoms with Crippen molar-refractivity contribution in [3.05, 3.63) is 34.1 Å². The van der Waals surface area contributed by atoms with Gasteiger partial charge >= 0.3 is 0 Å². The van der Waals surface area contributed by atoms with Crippen LogP contribution in [0, 0.1) is 17.7 Å². The van der Waals surface area contributed by atoms with Crippen molar-refractivity contribution in [2.45, 2.75) is 32.1 Å². The summed E-state index contributed by atoms with van der Waals surface area (Å²) >= 11 is 3.50. The molecule has 0 spiro atoms. The van der Waals surface area contributed by atoms with E-state index in [-0.39, 0.29) is 5.82 Å². The molecule has 4 heteroatoms. The van der Waals surface area contributed by atoms with E-state index in [0.717, 1.165) is 36.5 Å². The minimum Gasteiger partial charge on any atom is -0.383 e. The van der Waals surface area contributed by atoms with E-state index in [0.29, 0.717) is 5.92 Å². The van der Waals surface area contributed by atoms with E-state index in [9.17, 15) is 4.39 Å². The molecule has 0 heterocycles. The van der Waals surface area contributed by atoms with Crippen LogP contribution in [0.5, 0.6) is 0 Å². The van der Waals surface area contributed by atoms with Gasteiger partial charge in [0.1, 0.15) is 5.82 Å². The molecular formula is C17H25BrFNO. The molecule has 2 rings (SSSR count). The largest absolute Gasteiger partial charge is 0.383 e. The van der Waals surface area contributed by atoms with E-state index >= 15 is 0 Å². The van der Waals surface area contributed by atoms with Crippen LogP contribution in [-0.4, -0.2) is 26.8 Å². The van der Waals surface area contributed by atoms with Gasteiger partial charge in [-0.25, -0.2) is 4.39 Å². The molecule has 1 aliphatic carbocycles. The predicted molar refractivity (Wildman–Crippen MR) is 88.0 cm³/mol. The highest BCUT2D eigenvalue weighted by Gasteiger charge is 2.25. The Balaban J connectivity index is 1.96. The summed E-state index contributed by atoms with van der Waals surface area (Å²) in [6, 6.07) is 5.04. The lowest BCUT2D eigenvalue weighted by molar-refractivity contribution is 0.195. The Morgan fingerprint density at radius 2 is 2.14 bits per heavy atom. The van der Waals surface area contributed by atoms with E-state index in [2.05, 4.69) is 21.2 Å². The van der Waals surface area contributed by atoms with Crippen molar-refractivity contribution >= 4 is 15.9 Å². The molecule has 0 bridgehead atoms. The molecule has 1 unspecified atom stereocenters. The molecule has 1 saturated carbocycles. The van der Waals surface area contributed by atoms with Crippen LogP contribution < -0.4 is 5.32 Å². The van der Waals surface area contributed by atoms with Gasteiger partial charge in [0.25, 0.3) is 0 Å². The Morgan fingerprint density at radius 3 is 2.81 bits per heavy atom. The van der Waals surface area contributed by atoms with E-state index in [1.54, 1.807) is 19.2 Å². The number of nitrogens with one attached hydrogen (secondary N) is 1. The van der Waals surface area contributed by atoms with Crippen LogP contribution >= 0.6 is 15.9 Å². The number of methoxy groups -OCH3 is 1. The second-order valence-electron chi connectivity index (χ2n) is 5.94. The minimum atomic E-state index is -0.179. The van der Waals surface area contributed by atoms with Crippen LogP contribution in [0.1, 0.15) is 31.2 Å². The third-order valence-corrected chi connectivity index (χ3v) is 5.19. The second-order valence-corrected chi connectivity index (χ2v) is 6.80. The summed E-state index contributed by atoms with van der Waals surface area (Å²) in [5.74, 6) is 1.23. The number of hydrogen-bond donors (Lipinski definition) is 1. The van der Waals surface area contributed by atoms with Gasteiger partial charge in [-0.2, -0.15) is 0 Å². The van der Waals surface area contributed by atoms with Gasteiger partial charge in [-0.05, 0) is 42.5 Å². The first-order valence-electron chi connectivity index (χ1n) is 7.84. The highest BCUT2D eigenvalue weighted by atomic mass is 79.9. The van der Waals surface area contributed by atoms with Crippen molar-refractivity contribution in [3.8, 4) is 0 Å². The molecule has 21 heavy (non-hydrogen) atoms. The maximum Gasteiger partial charge on any atom is 0.124 e. The summed E-state index contributed by atoms with van der Waals surface area (Å²) in [5.41, 5.74) is 1.21. The average Bonchev–Trinajstić information content (AvgIpc) is 2.98. The number of benzene rings is 1. The Bertz CT molecular complexity index is 435. The fraction of sp³-hybridized carbons (Fsp3) is 0.647. The topological polar surface area (TPSA) is 21.3 Å². The smallest absolute Gasteiger partial charge is 0.124 e. The summed E-state index contributed by atoms with van der Waals surface area (Å²) in [7, 11) is 1.73. The number of rotatable bonds is 8. The molecule has 1 atom stereocenters. The maximum absolute atomic E-state index is 13.2. The quantitative estimate of drug-likeness (QED) is 0.704. The third kappa shape index (κ3) is 5.35. The molecule has 2 nitrogen and oxygen atoms in total. The van der Waals surface area contributed by atoms with Crippen molar-refractivity contribution < 1.29 is 9.13 Å². The molecule has 0 aliphatic heterocycles. The van der Waals surface area contributed by atoms with Crippen LogP contribution in [-0.2, 0) is 11.2 Å². The summed E-state index contributed by atoms with van der Waals surface area (Å²) in [6.45, 7) is 2.65. The zero-order chi connectivity index (χ0) is 15.1. The highest BCUT2D eigenvalue weighted by Crippen LogP contribution is 2.34. The van der Waals surface area contributed by atoms with Crippen LogP contribution in [0.25, 0.3) is 0 Å². The van der Waals surface area contributed by atoms with Gasteiger partial charge in [0, 0.05) is 18.1 Å². The Labute approximate surface area is 135 Å². The Kier molecular flexibility index (Phi) is 7.14. The van der Waals surface area contributed by atoms with Crippen LogP contribution in [0.15, 0.2) is 22.7 Å². The zero-order valence-electron chi connectivity index (χ0n) is 12.7. The molecule has 1 aromatic rings. The maximum atomic E-state index is 13.2. The van der Waals surface area contributed by atoms with Gasteiger partial charge in [0.05, 0.1) is 6.61 Å². The van der Waals surface area contributed by atoms with Crippen LogP contribution in [0.4, 0.5) is 4.39 Å². The SMILES string of the molecule is COCCNCC(Cc1ccc(F)cc1Br)C1CCCC1. The van der Waals surface area contributed by atoms with Gasteiger partial charge < -0.3 is 10.1 Å².